The SMILES string of the molecule is CCCCOC(CC)CS. The largest absolute Gasteiger partial charge is 0.377 e. The van der Waals surface area contributed by atoms with E-state index in [2.05, 4.69) is 26.5 Å². The van der Waals surface area contributed by atoms with Crippen molar-refractivity contribution in [2.24, 2.45) is 0 Å². The molecule has 0 radical (unpaired) electrons. The van der Waals surface area contributed by atoms with E-state index in [1.807, 2.05) is 0 Å². The van der Waals surface area contributed by atoms with Crippen LogP contribution in [-0.2, 0) is 4.74 Å². The van der Waals surface area contributed by atoms with Gasteiger partial charge in [0, 0.05) is 12.4 Å². The van der Waals surface area contributed by atoms with Gasteiger partial charge in [0.2, 0.25) is 0 Å². The fraction of sp³-hybridized carbons (Fsp3) is 1.00. The van der Waals surface area contributed by atoms with Gasteiger partial charge in [0.1, 0.15) is 0 Å². The van der Waals surface area contributed by atoms with Crippen LogP contribution in [0.15, 0.2) is 0 Å². The molecular weight excluding hydrogens is 144 g/mol. The third-order valence-corrected chi connectivity index (χ3v) is 1.92. The summed E-state index contributed by atoms with van der Waals surface area (Å²) in [5.74, 6) is 0.847. The highest BCUT2D eigenvalue weighted by molar-refractivity contribution is 7.80. The fourth-order valence-corrected chi connectivity index (χ4v) is 1.06. The van der Waals surface area contributed by atoms with Crippen LogP contribution in [0.25, 0.3) is 0 Å². The zero-order chi connectivity index (χ0) is 7.82. The molecule has 0 spiro atoms. The van der Waals surface area contributed by atoms with Gasteiger partial charge < -0.3 is 4.74 Å². The van der Waals surface area contributed by atoms with E-state index in [0.717, 1.165) is 18.8 Å². The van der Waals surface area contributed by atoms with Gasteiger partial charge in [0.05, 0.1) is 6.10 Å². The van der Waals surface area contributed by atoms with Gasteiger partial charge in [0.15, 0.2) is 0 Å². The van der Waals surface area contributed by atoms with Crippen molar-refractivity contribution >= 4 is 12.6 Å². The molecule has 1 atom stereocenters. The first-order valence-corrected chi connectivity index (χ1v) is 4.70. The van der Waals surface area contributed by atoms with Crippen molar-refractivity contribution in [1.82, 2.24) is 0 Å². The lowest BCUT2D eigenvalue weighted by molar-refractivity contribution is 0.0651. The van der Waals surface area contributed by atoms with Crippen LogP contribution < -0.4 is 0 Å². The zero-order valence-corrected chi connectivity index (χ0v) is 7.86. The quantitative estimate of drug-likeness (QED) is 0.466. The van der Waals surface area contributed by atoms with E-state index in [0.29, 0.717) is 6.10 Å². The Morgan fingerprint density at radius 2 is 2.10 bits per heavy atom. The first-order valence-electron chi connectivity index (χ1n) is 4.07. The van der Waals surface area contributed by atoms with Gasteiger partial charge in [-0.05, 0) is 12.8 Å². The highest BCUT2D eigenvalue weighted by atomic mass is 32.1. The summed E-state index contributed by atoms with van der Waals surface area (Å²) < 4.78 is 5.50. The summed E-state index contributed by atoms with van der Waals surface area (Å²) in [6, 6.07) is 0. The number of ether oxygens (including phenoxy) is 1. The lowest BCUT2D eigenvalue weighted by atomic mass is 10.3. The number of hydrogen-bond donors (Lipinski definition) is 1. The minimum absolute atomic E-state index is 0.370. The highest BCUT2D eigenvalue weighted by Gasteiger charge is 2.01. The van der Waals surface area contributed by atoms with Gasteiger partial charge >= 0.3 is 0 Å². The van der Waals surface area contributed by atoms with Gasteiger partial charge in [-0.25, -0.2) is 0 Å². The predicted molar refractivity (Wildman–Crippen MR) is 48.8 cm³/mol. The van der Waals surface area contributed by atoms with Crippen molar-refractivity contribution in [2.45, 2.75) is 39.2 Å². The van der Waals surface area contributed by atoms with Gasteiger partial charge in [-0.1, -0.05) is 20.3 Å². The minimum Gasteiger partial charge on any atom is -0.377 e. The Kier molecular flexibility index (Phi) is 7.65. The molecular formula is C8H18OS. The summed E-state index contributed by atoms with van der Waals surface area (Å²) in [6.45, 7) is 5.20. The van der Waals surface area contributed by atoms with Crippen molar-refractivity contribution in [3.05, 3.63) is 0 Å². The molecule has 0 rings (SSSR count). The molecule has 0 bridgehead atoms. The maximum Gasteiger partial charge on any atom is 0.0660 e. The molecule has 1 nitrogen and oxygen atoms in total. The molecule has 0 amide bonds. The van der Waals surface area contributed by atoms with Crippen LogP contribution in [0.1, 0.15) is 33.1 Å². The van der Waals surface area contributed by atoms with Crippen LogP contribution in [0.4, 0.5) is 0 Å². The Balaban J connectivity index is 3.09. The molecule has 0 aromatic heterocycles. The van der Waals surface area contributed by atoms with Crippen molar-refractivity contribution in [2.75, 3.05) is 12.4 Å². The van der Waals surface area contributed by atoms with Crippen LogP contribution in [-0.4, -0.2) is 18.5 Å². The number of hydrogen-bond acceptors (Lipinski definition) is 2. The molecule has 10 heavy (non-hydrogen) atoms. The van der Waals surface area contributed by atoms with Crippen LogP contribution >= 0.6 is 12.6 Å². The molecule has 0 heterocycles. The van der Waals surface area contributed by atoms with Crippen molar-refractivity contribution < 1.29 is 4.74 Å². The monoisotopic (exact) mass is 162 g/mol. The van der Waals surface area contributed by atoms with E-state index in [4.69, 9.17) is 4.74 Å². The molecule has 0 aromatic carbocycles. The van der Waals surface area contributed by atoms with Gasteiger partial charge in [-0.15, -0.1) is 0 Å². The summed E-state index contributed by atoms with van der Waals surface area (Å²) in [5, 5.41) is 0. The zero-order valence-electron chi connectivity index (χ0n) is 6.97. The average molecular weight is 162 g/mol. The maximum atomic E-state index is 5.50. The van der Waals surface area contributed by atoms with Gasteiger partial charge in [-0.2, -0.15) is 12.6 Å². The molecule has 0 N–H and O–H groups in total. The first kappa shape index (κ1) is 10.3. The molecule has 1 unspecified atom stereocenters. The van der Waals surface area contributed by atoms with E-state index in [9.17, 15) is 0 Å². The fourth-order valence-electron chi connectivity index (χ4n) is 0.694. The van der Waals surface area contributed by atoms with E-state index in [1.54, 1.807) is 0 Å². The first-order chi connectivity index (χ1) is 4.85. The molecule has 0 aromatic rings. The second-order valence-corrected chi connectivity index (χ2v) is 2.80. The molecule has 0 aliphatic carbocycles. The summed E-state index contributed by atoms with van der Waals surface area (Å²) in [5.41, 5.74) is 0. The van der Waals surface area contributed by atoms with E-state index < -0.39 is 0 Å². The maximum absolute atomic E-state index is 5.50. The van der Waals surface area contributed by atoms with Crippen molar-refractivity contribution in [1.29, 1.82) is 0 Å². The Morgan fingerprint density at radius 1 is 1.40 bits per heavy atom. The van der Waals surface area contributed by atoms with Crippen LogP contribution in [0.2, 0.25) is 0 Å². The van der Waals surface area contributed by atoms with Gasteiger partial charge in [-0.3, -0.25) is 0 Å². The van der Waals surface area contributed by atoms with Crippen LogP contribution in [0.5, 0.6) is 0 Å². The number of thiol groups is 1. The Hall–Kier alpha value is 0.310. The van der Waals surface area contributed by atoms with Crippen molar-refractivity contribution in [3.63, 3.8) is 0 Å². The Labute approximate surface area is 69.6 Å². The van der Waals surface area contributed by atoms with E-state index in [-0.39, 0.29) is 0 Å². The number of unbranched alkanes of at least 4 members (excludes halogenated alkanes) is 1. The lowest BCUT2D eigenvalue weighted by Crippen LogP contribution is -2.13. The smallest absolute Gasteiger partial charge is 0.0660 e. The third kappa shape index (κ3) is 5.12. The van der Waals surface area contributed by atoms with Crippen LogP contribution in [0, 0.1) is 0 Å². The molecule has 0 aliphatic rings. The van der Waals surface area contributed by atoms with E-state index in [1.165, 1.54) is 12.8 Å². The second-order valence-electron chi connectivity index (χ2n) is 2.44. The molecule has 0 fully saturated rings. The third-order valence-electron chi connectivity index (χ3n) is 1.51. The topological polar surface area (TPSA) is 9.23 Å². The Bertz CT molecular complexity index is 62.3. The molecule has 0 saturated heterocycles. The molecule has 2 heteroatoms. The number of rotatable bonds is 6. The molecule has 0 saturated carbocycles. The summed E-state index contributed by atoms with van der Waals surface area (Å²) in [6.07, 6.45) is 3.83. The molecule has 62 valence electrons. The summed E-state index contributed by atoms with van der Waals surface area (Å²) in [4.78, 5) is 0. The predicted octanol–water partition coefficient (Wildman–Crippen LogP) is 2.51. The molecule has 0 aliphatic heterocycles. The highest BCUT2D eigenvalue weighted by Crippen LogP contribution is 2.01. The second kappa shape index (κ2) is 7.42. The average Bonchev–Trinajstić information content (AvgIpc) is 1.99. The summed E-state index contributed by atoms with van der Waals surface area (Å²) in [7, 11) is 0. The standard InChI is InChI=1S/C8H18OS/c1-3-5-6-9-8(4-2)7-10/h8,10H,3-7H2,1-2H3. The summed E-state index contributed by atoms with van der Waals surface area (Å²) >= 11 is 4.17. The van der Waals surface area contributed by atoms with Gasteiger partial charge in [0.25, 0.3) is 0 Å². The Morgan fingerprint density at radius 3 is 2.50 bits per heavy atom. The normalized spacial score (nSPS) is 13.5. The lowest BCUT2D eigenvalue weighted by Gasteiger charge is -2.12. The minimum atomic E-state index is 0.370. The van der Waals surface area contributed by atoms with E-state index >= 15 is 0 Å². The van der Waals surface area contributed by atoms with Crippen LogP contribution in [0.3, 0.4) is 0 Å². The van der Waals surface area contributed by atoms with Crippen molar-refractivity contribution in [3.8, 4) is 0 Å².